The maximum absolute atomic E-state index is 12.2. The number of nitrogen functional groups attached to an aromatic ring is 1. The molecule has 0 saturated heterocycles. The van der Waals surface area contributed by atoms with Crippen LogP contribution in [0.25, 0.3) is 10.9 Å². The van der Waals surface area contributed by atoms with Gasteiger partial charge < -0.3 is 11.1 Å². The molecule has 0 fully saturated rings. The SMILES string of the molecule is Cc1ccccc1NC(=O)Cc1ccc2cccc(N)c2n1. The normalized spacial score (nSPS) is 10.6. The quantitative estimate of drug-likeness (QED) is 0.727. The van der Waals surface area contributed by atoms with Crippen molar-refractivity contribution in [3.8, 4) is 0 Å². The monoisotopic (exact) mass is 291 g/mol. The molecule has 0 radical (unpaired) electrons. The molecule has 0 unspecified atom stereocenters. The van der Waals surface area contributed by atoms with Crippen LogP contribution >= 0.6 is 0 Å². The number of rotatable bonds is 3. The van der Waals surface area contributed by atoms with E-state index in [1.165, 1.54) is 0 Å². The van der Waals surface area contributed by atoms with Crippen molar-refractivity contribution >= 4 is 28.2 Å². The summed E-state index contributed by atoms with van der Waals surface area (Å²) in [6, 6.07) is 17.2. The molecule has 110 valence electrons. The molecule has 2 aromatic carbocycles. The van der Waals surface area contributed by atoms with Crippen molar-refractivity contribution in [2.24, 2.45) is 0 Å². The highest BCUT2D eigenvalue weighted by molar-refractivity contribution is 5.94. The molecule has 0 aliphatic heterocycles. The third-order valence-corrected chi connectivity index (χ3v) is 3.57. The van der Waals surface area contributed by atoms with Crippen LogP contribution in [-0.2, 0) is 11.2 Å². The lowest BCUT2D eigenvalue weighted by molar-refractivity contribution is -0.115. The molecular formula is C18H17N3O. The third-order valence-electron chi connectivity index (χ3n) is 3.57. The van der Waals surface area contributed by atoms with Crippen molar-refractivity contribution in [1.29, 1.82) is 0 Å². The van der Waals surface area contributed by atoms with Gasteiger partial charge in [0, 0.05) is 11.1 Å². The highest BCUT2D eigenvalue weighted by Crippen LogP contribution is 2.19. The Hall–Kier alpha value is -2.88. The number of aryl methyl sites for hydroxylation is 1. The second-order valence-corrected chi connectivity index (χ2v) is 5.26. The van der Waals surface area contributed by atoms with E-state index < -0.39 is 0 Å². The molecule has 3 aromatic rings. The molecule has 22 heavy (non-hydrogen) atoms. The van der Waals surface area contributed by atoms with Gasteiger partial charge in [0.25, 0.3) is 0 Å². The Morgan fingerprint density at radius 2 is 1.91 bits per heavy atom. The van der Waals surface area contributed by atoms with Crippen LogP contribution < -0.4 is 11.1 Å². The predicted molar refractivity (Wildman–Crippen MR) is 89.7 cm³/mol. The Kier molecular flexibility index (Phi) is 3.74. The fourth-order valence-corrected chi connectivity index (χ4v) is 2.38. The fraction of sp³-hybridized carbons (Fsp3) is 0.111. The standard InChI is InChI=1S/C18H17N3O/c1-12-5-2-3-8-16(12)21-17(22)11-14-10-9-13-6-4-7-15(19)18(13)20-14/h2-10H,11,19H2,1H3,(H,21,22). The van der Waals surface area contributed by atoms with E-state index in [-0.39, 0.29) is 12.3 Å². The summed E-state index contributed by atoms with van der Waals surface area (Å²) < 4.78 is 0. The highest BCUT2D eigenvalue weighted by Gasteiger charge is 2.08. The first-order valence-electron chi connectivity index (χ1n) is 7.13. The zero-order chi connectivity index (χ0) is 15.5. The molecule has 3 N–H and O–H groups in total. The maximum atomic E-state index is 12.2. The molecule has 0 aliphatic rings. The first-order chi connectivity index (χ1) is 10.6. The average molecular weight is 291 g/mol. The number of pyridine rings is 1. The van der Waals surface area contributed by atoms with Gasteiger partial charge in [0.15, 0.2) is 0 Å². The second-order valence-electron chi connectivity index (χ2n) is 5.26. The molecule has 0 atom stereocenters. The van der Waals surface area contributed by atoms with E-state index in [1.807, 2.05) is 61.5 Å². The fourth-order valence-electron chi connectivity index (χ4n) is 2.38. The smallest absolute Gasteiger partial charge is 0.230 e. The number of aromatic nitrogens is 1. The molecule has 4 heteroatoms. The molecule has 3 rings (SSSR count). The topological polar surface area (TPSA) is 68.0 Å². The zero-order valence-electron chi connectivity index (χ0n) is 12.3. The van der Waals surface area contributed by atoms with Crippen LogP contribution in [0.3, 0.4) is 0 Å². The van der Waals surface area contributed by atoms with Gasteiger partial charge in [0.2, 0.25) is 5.91 Å². The number of benzene rings is 2. The molecule has 4 nitrogen and oxygen atoms in total. The van der Waals surface area contributed by atoms with Crippen LogP contribution in [0.5, 0.6) is 0 Å². The molecule has 1 amide bonds. The molecule has 0 aliphatic carbocycles. The number of carbonyl (C=O) groups is 1. The Balaban J connectivity index is 1.79. The second kappa shape index (κ2) is 5.85. The average Bonchev–Trinajstić information content (AvgIpc) is 2.50. The van der Waals surface area contributed by atoms with Crippen molar-refractivity contribution in [3.63, 3.8) is 0 Å². The van der Waals surface area contributed by atoms with Crippen LogP contribution in [0.15, 0.2) is 54.6 Å². The van der Waals surface area contributed by atoms with Gasteiger partial charge in [-0.15, -0.1) is 0 Å². The molecule has 0 spiro atoms. The number of para-hydroxylation sites is 2. The van der Waals surface area contributed by atoms with E-state index in [0.717, 1.165) is 22.2 Å². The number of fused-ring (bicyclic) bond motifs is 1. The third kappa shape index (κ3) is 2.91. The summed E-state index contributed by atoms with van der Waals surface area (Å²) in [5, 5.41) is 3.89. The van der Waals surface area contributed by atoms with Crippen LogP contribution in [0, 0.1) is 6.92 Å². The van der Waals surface area contributed by atoms with E-state index >= 15 is 0 Å². The van der Waals surface area contributed by atoms with Crippen LogP contribution in [0.1, 0.15) is 11.3 Å². The first-order valence-corrected chi connectivity index (χ1v) is 7.13. The van der Waals surface area contributed by atoms with Gasteiger partial charge in [-0.1, -0.05) is 36.4 Å². The summed E-state index contributed by atoms with van der Waals surface area (Å²) in [5.74, 6) is -0.0874. The van der Waals surface area contributed by atoms with Crippen molar-refractivity contribution in [1.82, 2.24) is 4.98 Å². The van der Waals surface area contributed by atoms with Gasteiger partial charge in [-0.2, -0.15) is 0 Å². The lowest BCUT2D eigenvalue weighted by atomic mass is 10.1. The van der Waals surface area contributed by atoms with E-state index in [4.69, 9.17) is 5.73 Å². The number of hydrogen-bond donors (Lipinski definition) is 2. The van der Waals surface area contributed by atoms with Crippen LogP contribution in [0.2, 0.25) is 0 Å². The van der Waals surface area contributed by atoms with Gasteiger partial charge in [0.05, 0.1) is 23.3 Å². The molecule has 0 bridgehead atoms. The number of nitrogens with two attached hydrogens (primary N) is 1. The number of hydrogen-bond acceptors (Lipinski definition) is 3. The van der Waals surface area contributed by atoms with Crippen molar-refractivity contribution in [2.45, 2.75) is 13.3 Å². The lowest BCUT2D eigenvalue weighted by Gasteiger charge is -2.08. The lowest BCUT2D eigenvalue weighted by Crippen LogP contribution is -2.15. The number of nitrogens with one attached hydrogen (secondary N) is 1. The number of anilines is 2. The van der Waals surface area contributed by atoms with Gasteiger partial charge in [0.1, 0.15) is 0 Å². The number of nitrogens with zero attached hydrogens (tertiary/aromatic N) is 1. The summed E-state index contributed by atoms with van der Waals surface area (Å²) in [6.07, 6.45) is 0.221. The molecular weight excluding hydrogens is 274 g/mol. The van der Waals surface area contributed by atoms with Gasteiger partial charge >= 0.3 is 0 Å². The van der Waals surface area contributed by atoms with E-state index in [1.54, 1.807) is 0 Å². The number of carbonyl (C=O) groups excluding carboxylic acids is 1. The van der Waals surface area contributed by atoms with Crippen molar-refractivity contribution < 1.29 is 4.79 Å². The van der Waals surface area contributed by atoms with Crippen LogP contribution in [0.4, 0.5) is 11.4 Å². The Bertz CT molecular complexity index is 843. The summed E-state index contributed by atoms with van der Waals surface area (Å²) in [6.45, 7) is 1.96. The Morgan fingerprint density at radius 3 is 2.73 bits per heavy atom. The van der Waals surface area contributed by atoms with Crippen LogP contribution in [-0.4, -0.2) is 10.9 Å². The van der Waals surface area contributed by atoms with E-state index in [9.17, 15) is 4.79 Å². The van der Waals surface area contributed by atoms with Crippen molar-refractivity contribution in [2.75, 3.05) is 11.1 Å². The van der Waals surface area contributed by atoms with E-state index in [0.29, 0.717) is 11.4 Å². The predicted octanol–water partition coefficient (Wildman–Crippen LogP) is 3.31. The molecule has 0 saturated carbocycles. The summed E-state index contributed by atoms with van der Waals surface area (Å²) in [5.41, 5.74) is 9.87. The Morgan fingerprint density at radius 1 is 1.09 bits per heavy atom. The first kappa shape index (κ1) is 14.1. The van der Waals surface area contributed by atoms with Gasteiger partial charge in [-0.25, -0.2) is 0 Å². The Labute approximate surface area is 129 Å². The minimum atomic E-state index is -0.0874. The summed E-state index contributed by atoms with van der Waals surface area (Å²) in [7, 11) is 0. The van der Waals surface area contributed by atoms with Crippen molar-refractivity contribution in [3.05, 3.63) is 65.9 Å². The summed E-state index contributed by atoms with van der Waals surface area (Å²) in [4.78, 5) is 16.7. The van der Waals surface area contributed by atoms with E-state index in [2.05, 4.69) is 10.3 Å². The molecule has 1 aromatic heterocycles. The zero-order valence-corrected chi connectivity index (χ0v) is 12.3. The molecule has 1 heterocycles. The minimum absolute atomic E-state index is 0.0874. The van der Waals surface area contributed by atoms with Gasteiger partial charge in [-0.3, -0.25) is 9.78 Å². The van der Waals surface area contributed by atoms with Gasteiger partial charge in [-0.05, 0) is 30.7 Å². The minimum Gasteiger partial charge on any atom is -0.397 e. The number of amides is 1. The maximum Gasteiger partial charge on any atom is 0.230 e. The highest BCUT2D eigenvalue weighted by atomic mass is 16.1. The largest absolute Gasteiger partial charge is 0.397 e. The summed E-state index contributed by atoms with van der Waals surface area (Å²) >= 11 is 0.